The lowest BCUT2D eigenvalue weighted by Crippen LogP contribution is -2.17. The molecule has 3 N–H and O–H groups in total. The lowest BCUT2D eigenvalue weighted by atomic mass is 9.96. The van der Waals surface area contributed by atoms with E-state index >= 15 is 0 Å². The van der Waals surface area contributed by atoms with Crippen LogP contribution in [-0.2, 0) is 0 Å². The van der Waals surface area contributed by atoms with Crippen LogP contribution >= 0.6 is 0 Å². The Morgan fingerprint density at radius 2 is 2.00 bits per heavy atom. The topological polar surface area (TPSA) is 46.2 Å². The van der Waals surface area contributed by atoms with Crippen LogP contribution in [0.5, 0.6) is 5.75 Å². The number of aromatic hydroxyl groups is 1. The molecule has 72 valence electrons. The molecule has 1 aromatic carbocycles. The number of benzene rings is 1. The first-order valence-electron chi connectivity index (χ1n) is 4.26. The average molecular weight is 183 g/mol. The van der Waals surface area contributed by atoms with E-state index in [-0.39, 0.29) is 17.7 Å². The summed E-state index contributed by atoms with van der Waals surface area (Å²) in [6, 6.07) is 3.73. The van der Waals surface area contributed by atoms with Crippen molar-refractivity contribution < 1.29 is 9.50 Å². The Hall–Kier alpha value is -1.09. The summed E-state index contributed by atoms with van der Waals surface area (Å²) in [5.41, 5.74) is 6.22. The summed E-state index contributed by atoms with van der Waals surface area (Å²) in [7, 11) is 0. The summed E-state index contributed by atoms with van der Waals surface area (Å²) in [4.78, 5) is 0. The minimum absolute atomic E-state index is 0.0720. The zero-order chi connectivity index (χ0) is 10.0. The van der Waals surface area contributed by atoms with E-state index in [1.54, 1.807) is 0 Å². The van der Waals surface area contributed by atoms with Crippen molar-refractivity contribution in [1.29, 1.82) is 0 Å². The third-order valence-electron chi connectivity index (χ3n) is 2.06. The second-order valence-electron chi connectivity index (χ2n) is 3.48. The highest BCUT2D eigenvalue weighted by atomic mass is 19.1. The van der Waals surface area contributed by atoms with Gasteiger partial charge in [0.25, 0.3) is 0 Å². The maximum atomic E-state index is 13.2. The molecule has 0 aliphatic heterocycles. The van der Waals surface area contributed by atoms with E-state index < -0.39 is 5.82 Å². The number of phenols is 1. The molecule has 0 unspecified atom stereocenters. The Balaban J connectivity index is 3.01. The number of hydrogen-bond donors (Lipinski definition) is 2. The molecule has 0 aliphatic rings. The maximum Gasteiger partial charge on any atom is 0.131 e. The van der Waals surface area contributed by atoms with Crippen molar-refractivity contribution >= 4 is 0 Å². The Kier molecular flexibility index (Phi) is 2.88. The Morgan fingerprint density at radius 3 is 2.46 bits per heavy atom. The molecule has 0 saturated heterocycles. The van der Waals surface area contributed by atoms with E-state index in [0.717, 1.165) is 6.07 Å². The van der Waals surface area contributed by atoms with E-state index in [4.69, 9.17) is 10.8 Å². The van der Waals surface area contributed by atoms with Gasteiger partial charge in [-0.1, -0.05) is 19.9 Å². The summed E-state index contributed by atoms with van der Waals surface area (Å²) >= 11 is 0. The van der Waals surface area contributed by atoms with Crippen LogP contribution in [0, 0.1) is 11.7 Å². The lowest BCUT2D eigenvalue weighted by Gasteiger charge is -2.16. The van der Waals surface area contributed by atoms with Gasteiger partial charge in [-0.15, -0.1) is 0 Å². The van der Waals surface area contributed by atoms with Gasteiger partial charge in [-0.2, -0.15) is 0 Å². The van der Waals surface area contributed by atoms with Gasteiger partial charge in [0.1, 0.15) is 11.6 Å². The highest BCUT2D eigenvalue weighted by Crippen LogP contribution is 2.24. The molecular weight excluding hydrogens is 169 g/mol. The summed E-state index contributed by atoms with van der Waals surface area (Å²) in [5.74, 6) is -0.336. The lowest BCUT2D eigenvalue weighted by molar-refractivity contribution is 0.456. The molecule has 0 amide bonds. The first kappa shape index (κ1) is 9.99. The van der Waals surface area contributed by atoms with Crippen molar-refractivity contribution in [3.63, 3.8) is 0 Å². The fraction of sp³-hybridized carbons (Fsp3) is 0.400. The zero-order valence-electron chi connectivity index (χ0n) is 7.79. The SMILES string of the molecule is CC(C)[C@@H](N)c1ccc(O)cc1F. The molecular formula is C10H14FNO. The highest BCUT2D eigenvalue weighted by molar-refractivity contribution is 5.29. The Labute approximate surface area is 77.2 Å². The summed E-state index contributed by atoms with van der Waals surface area (Å²) in [6.07, 6.45) is 0. The fourth-order valence-electron chi connectivity index (χ4n) is 1.15. The molecule has 0 fully saturated rings. The van der Waals surface area contributed by atoms with Gasteiger partial charge in [0, 0.05) is 17.7 Å². The van der Waals surface area contributed by atoms with E-state index in [0.29, 0.717) is 5.56 Å². The fourth-order valence-corrected chi connectivity index (χ4v) is 1.15. The third kappa shape index (κ3) is 2.18. The number of rotatable bonds is 2. The van der Waals surface area contributed by atoms with Gasteiger partial charge in [0.15, 0.2) is 0 Å². The molecule has 1 rings (SSSR count). The van der Waals surface area contributed by atoms with Crippen LogP contribution in [0.2, 0.25) is 0 Å². The predicted molar refractivity (Wildman–Crippen MR) is 49.8 cm³/mol. The summed E-state index contributed by atoms with van der Waals surface area (Å²) in [6.45, 7) is 3.86. The molecule has 0 radical (unpaired) electrons. The normalized spacial score (nSPS) is 13.3. The average Bonchev–Trinajstić information content (AvgIpc) is 2.03. The van der Waals surface area contributed by atoms with Crippen LogP contribution in [0.15, 0.2) is 18.2 Å². The van der Waals surface area contributed by atoms with E-state index in [1.807, 2.05) is 13.8 Å². The molecule has 0 bridgehead atoms. The molecule has 0 heterocycles. The molecule has 1 atom stereocenters. The van der Waals surface area contributed by atoms with Crippen LogP contribution in [0.1, 0.15) is 25.5 Å². The van der Waals surface area contributed by atoms with Crippen LogP contribution in [0.4, 0.5) is 4.39 Å². The van der Waals surface area contributed by atoms with Gasteiger partial charge in [-0.25, -0.2) is 4.39 Å². The largest absolute Gasteiger partial charge is 0.508 e. The van der Waals surface area contributed by atoms with E-state index in [9.17, 15) is 4.39 Å². The van der Waals surface area contributed by atoms with Crippen molar-refractivity contribution in [2.45, 2.75) is 19.9 Å². The monoisotopic (exact) mass is 183 g/mol. The van der Waals surface area contributed by atoms with Crippen LogP contribution in [0.25, 0.3) is 0 Å². The Bertz CT molecular complexity index is 299. The first-order chi connectivity index (χ1) is 6.02. The molecule has 1 aromatic rings. The van der Waals surface area contributed by atoms with Crippen LogP contribution in [-0.4, -0.2) is 5.11 Å². The van der Waals surface area contributed by atoms with Crippen molar-refractivity contribution in [1.82, 2.24) is 0 Å². The molecule has 0 aromatic heterocycles. The van der Waals surface area contributed by atoms with Crippen LogP contribution < -0.4 is 5.73 Å². The van der Waals surface area contributed by atoms with Crippen molar-refractivity contribution in [2.24, 2.45) is 11.7 Å². The van der Waals surface area contributed by atoms with Gasteiger partial charge in [0.05, 0.1) is 0 Å². The Morgan fingerprint density at radius 1 is 1.38 bits per heavy atom. The standard InChI is InChI=1S/C10H14FNO/c1-6(2)10(12)8-4-3-7(13)5-9(8)11/h3-6,10,13H,12H2,1-2H3/t10-/m1/s1. The molecule has 13 heavy (non-hydrogen) atoms. The third-order valence-corrected chi connectivity index (χ3v) is 2.06. The molecule has 2 nitrogen and oxygen atoms in total. The number of hydrogen-bond acceptors (Lipinski definition) is 2. The zero-order valence-corrected chi connectivity index (χ0v) is 7.79. The van der Waals surface area contributed by atoms with Gasteiger partial charge in [-0.05, 0) is 12.0 Å². The van der Waals surface area contributed by atoms with Gasteiger partial charge in [0.2, 0.25) is 0 Å². The summed E-state index contributed by atoms with van der Waals surface area (Å²) in [5, 5.41) is 8.98. The van der Waals surface area contributed by atoms with Gasteiger partial charge < -0.3 is 10.8 Å². The first-order valence-corrected chi connectivity index (χ1v) is 4.26. The summed E-state index contributed by atoms with van der Waals surface area (Å²) < 4.78 is 13.2. The smallest absolute Gasteiger partial charge is 0.131 e. The van der Waals surface area contributed by atoms with Gasteiger partial charge in [-0.3, -0.25) is 0 Å². The molecule has 0 spiro atoms. The molecule has 0 aliphatic carbocycles. The number of halogens is 1. The quantitative estimate of drug-likeness (QED) is 0.738. The minimum atomic E-state index is -0.443. The number of nitrogens with two attached hydrogens (primary N) is 1. The number of phenolic OH excluding ortho intramolecular Hbond substituents is 1. The second kappa shape index (κ2) is 3.75. The van der Waals surface area contributed by atoms with Gasteiger partial charge >= 0.3 is 0 Å². The van der Waals surface area contributed by atoms with E-state index in [1.165, 1.54) is 12.1 Å². The van der Waals surface area contributed by atoms with Crippen molar-refractivity contribution in [3.05, 3.63) is 29.6 Å². The molecule has 3 heteroatoms. The maximum absolute atomic E-state index is 13.2. The van der Waals surface area contributed by atoms with Crippen molar-refractivity contribution in [3.8, 4) is 5.75 Å². The second-order valence-corrected chi connectivity index (χ2v) is 3.48. The molecule has 0 saturated carbocycles. The van der Waals surface area contributed by atoms with E-state index in [2.05, 4.69) is 0 Å². The highest BCUT2D eigenvalue weighted by Gasteiger charge is 2.14. The van der Waals surface area contributed by atoms with Crippen molar-refractivity contribution in [2.75, 3.05) is 0 Å². The predicted octanol–water partition coefficient (Wildman–Crippen LogP) is 2.19. The van der Waals surface area contributed by atoms with Crippen LogP contribution in [0.3, 0.4) is 0 Å². The minimum Gasteiger partial charge on any atom is -0.508 e.